The lowest BCUT2D eigenvalue weighted by Crippen LogP contribution is -2.34. The molecule has 4 rings (SSSR count). The Balaban J connectivity index is 1.48. The normalized spacial score (nSPS) is 16.1. The number of rotatable bonds is 4. The molecule has 27 heavy (non-hydrogen) atoms. The first-order valence-electron chi connectivity index (χ1n) is 8.86. The Hall–Kier alpha value is -2.80. The Morgan fingerprint density at radius 3 is 2.70 bits per heavy atom. The van der Waals surface area contributed by atoms with E-state index in [-0.39, 0.29) is 36.0 Å². The summed E-state index contributed by atoms with van der Waals surface area (Å²) in [6, 6.07) is 14.7. The molecule has 1 amide bonds. The first kappa shape index (κ1) is 17.6. The summed E-state index contributed by atoms with van der Waals surface area (Å²) in [6.07, 6.45) is 1.00. The third kappa shape index (κ3) is 3.55. The van der Waals surface area contributed by atoms with Gasteiger partial charge in [-0.3, -0.25) is 19.5 Å². The fourth-order valence-corrected chi connectivity index (χ4v) is 4.50. The molecule has 1 atom stereocenters. The van der Waals surface area contributed by atoms with E-state index in [2.05, 4.69) is 16.5 Å². The maximum absolute atomic E-state index is 12.5. The van der Waals surface area contributed by atoms with Crippen molar-refractivity contribution in [2.75, 3.05) is 5.75 Å². The second kappa shape index (κ2) is 7.44. The van der Waals surface area contributed by atoms with Crippen LogP contribution in [0.5, 0.6) is 0 Å². The van der Waals surface area contributed by atoms with Gasteiger partial charge in [-0.2, -0.15) is 0 Å². The van der Waals surface area contributed by atoms with Crippen molar-refractivity contribution in [2.24, 2.45) is 0 Å². The summed E-state index contributed by atoms with van der Waals surface area (Å²) in [4.78, 5) is 38.3. The Kier molecular flexibility index (Phi) is 4.85. The van der Waals surface area contributed by atoms with Crippen LogP contribution in [0, 0.1) is 0 Å². The Bertz CT molecular complexity index is 1120. The Labute approximate surface area is 159 Å². The monoisotopic (exact) mass is 381 g/mol. The molecule has 0 saturated carbocycles. The molecule has 0 bridgehead atoms. The average molecular weight is 381 g/mol. The number of benzene rings is 2. The summed E-state index contributed by atoms with van der Waals surface area (Å²) < 4.78 is 1.22. The van der Waals surface area contributed by atoms with Crippen LogP contribution in [0.25, 0.3) is 10.8 Å². The number of fused-ring (bicyclic) bond motifs is 2. The third-order valence-corrected chi connectivity index (χ3v) is 5.86. The molecule has 2 N–H and O–H groups in total. The standard InChI is InChI=1S/C20H19N3O3S/c24-18(21-16-10-12-27-17-8-4-3-7-15(16)17)9-11-23-20(26)14-6-2-1-5-13(14)19(25)22-23/h1-8,16H,9-12H2,(H,21,24)(H,22,25). The Morgan fingerprint density at radius 2 is 1.85 bits per heavy atom. The molecule has 7 heteroatoms. The predicted molar refractivity (Wildman–Crippen MR) is 106 cm³/mol. The number of nitrogens with one attached hydrogen (secondary N) is 2. The van der Waals surface area contributed by atoms with E-state index in [9.17, 15) is 14.4 Å². The number of carbonyl (C=O) groups excluding carboxylic acids is 1. The minimum absolute atomic E-state index is 0.0117. The lowest BCUT2D eigenvalue weighted by Gasteiger charge is -2.25. The highest BCUT2D eigenvalue weighted by Crippen LogP contribution is 2.35. The lowest BCUT2D eigenvalue weighted by molar-refractivity contribution is -0.122. The van der Waals surface area contributed by atoms with Crippen molar-refractivity contribution < 1.29 is 4.79 Å². The maximum atomic E-state index is 12.5. The maximum Gasteiger partial charge on any atom is 0.273 e. The molecule has 6 nitrogen and oxygen atoms in total. The van der Waals surface area contributed by atoms with Gasteiger partial charge in [0.2, 0.25) is 5.91 Å². The highest BCUT2D eigenvalue weighted by Gasteiger charge is 2.21. The lowest BCUT2D eigenvalue weighted by atomic mass is 10.0. The first-order chi connectivity index (χ1) is 13.1. The zero-order chi connectivity index (χ0) is 18.8. The zero-order valence-corrected chi connectivity index (χ0v) is 15.4. The largest absolute Gasteiger partial charge is 0.349 e. The first-order valence-corrected chi connectivity index (χ1v) is 9.85. The molecule has 0 aliphatic carbocycles. The van der Waals surface area contributed by atoms with Crippen LogP contribution in [0.1, 0.15) is 24.4 Å². The Morgan fingerprint density at radius 1 is 1.11 bits per heavy atom. The molecular formula is C20H19N3O3S. The van der Waals surface area contributed by atoms with Crippen LogP contribution < -0.4 is 16.4 Å². The van der Waals surface area contributed by atoms with E-state index in [4.69, 9.17) is 0 Å². The van der Waals surface area contributed by atoms with Gasteiger partial charge in [0.1, 0.15) is 0 Å². The van der Waals surface area contributed by atoms with Crippen molar-refractivity contribution in [1.29, 1.82) is 0 Å². The summed E-state index contributed by atoms with van der Waals surface area (Å²) in [5.41, 5.74) is 0.514. The summed E-state index contributed by atoms with van der Waals surface area (Å²) in [5.74, 6) is 0.821. The van der Waals surface area contributed by atoms with E-state index in [1.807, 2.05) is 18.2 Å². The molecule has 1 aliphatic heterocycles. The molecule has 1 aliphatic rings. The van der Waals surface area contributed by atoms with Crippen molar-refractivity contribution in [3.05, 3.63) is 74.8 Å². The van der Waals surface area contributed by atoms with Crippen molar-refractivity contribution in [2.45, 2.75) is 30.3 Å². The number of aromatic amines is 1. The SMILES string of the molecule is O=C(CCn1[nH]c(=O)c2ccccc2c1=O)NC1CCSc2ccccc21. The van der Waals surface area contributed by atoms with Crippen molar-refractivity contribution in [3.8, 4) is 0 Å². The van der Waals surface area contributed by atoms with Crippen LogP contribution in [0.4, 0.5) is 0 Å². The van der Waals surface area contributed by atoms with Gasteiger partial charge in [-0.05, 0) is 30.2 Å². The molecule has 1 aromatic heterocycles. The molecule has 0 radical (unpaired) electrons. The predicted octanol–water partition coefficient (Wildman–Crippen LogP) is 2.43. The number of carbonyl (C=O) groups is 1. The highest BCUT2D eigenvalue weighted by atomic mass is 32.2. The van der Waals surface area contributed by atoms with Gasteiger partial charge >= 0.3 is 0 Å². The number of hydrogen-bond donors (Lipinski definition) is 2. The smallest absolute Gasteiger partial charge is 0.273 e. The molecular weight excluding hydrogens is 362 g/mol. The summed E-state index contributed by atoms with van der Waals surface area (Å²) >= 11 is 1.80. The summed E-state index contributed by atoms with van der Waals surface area (Å²) in [5, 5.41) is 6.34. The van der Waals surface area contributed by atoms with Crippen LogP contribution in [0.2, 0.25) is 0 Å². The van der Waals surface area contributed by atoms with E-state index < -0.39 is 0 Å². The van der Waals surface area contributed by atoms with Crippen molar-refractivity contribution in [1.82, 2.24) is 15.1 Å². The highest BCUT2D eigenvalue weighted by molar-refractivity contribution is 7.99. The van der Waals surface area contributed by atoms with Crippen LogP contribution in [0.3, 0.4) is 0 Å². The van der Waals surface area contributed by atoms with Crippen LogP contribution in [0.15, 0.2) is 63.0 Å². The van der Waals surface area contributed by atoms with Crippen LogP contribution >= 0.6 is 11.8 Å². The van der Waals surface area contributed by atoms with Crippen LogP contribution in [-0.2, 0) is 11.3 Å². The minimum atomic E-state index is -0.330. The molecule has 3 aromatic rings. The number of nitrogens with zero attached hydrogens (tertiary/aromatic N) is 1. The van der Waals surface area contributed by atoms with Gasteiger partial charge in [0.15, 0.2) is 0 Å². The van der Waals surface area contributed by atoms with Crippen molar-refractivity contribution in [3.63, 3.8) is 0 Å². The number of aromatic nitrogens is 2. The number of aryl methyl sites for hydroxylation is 1. The minimum Gasteiger partial charge on any atom is -0.349 e. The van der Waals surface area contributed by atoms with Gasteiger partial charge < -0.3 is 5.32 Å². The molecule has 1 unspecified atom stereocenters. The van der Waals surface area contributed by atoms with Gasteiger partial charge in [0.25, 0.3) is 11.1 Å². The average Bonchev–Trinajstić information content (AvgIpc) is 2.70. The zero-order valence-electron chi connectivity index (χ0n) is 14.6. The quantitative estimate of drug-likeness (QED) is 0.727. The number of amides is 1. The molecule has 0 saturated heterocycles. The summed E-state index contributed by atoms with van der Waals surface area (Å²) in [7, 11) is 0. The van der Waals surface area contributed by atoms with Gasteiger partial charge in [-0.15, -0.1) is 11.8 Å². The summed E-state index contributed by atoms with van der Waals surface area (Å²) in [6.45, 7) is 0.133. The fraction of sp³-hybridized carbons (Fsp3) is 0.250. The molecule has 0 fully saturated rings. The third-order valence-electron chi connectivity index (χ3n) is 4.74. The van der Waals surface area contributed by atoms with Gasteiger partial charge in [-0.1, -0.05) is 30.3 Å². The van der Waals surface area contributed by atoms with Gasteiger partial charge in [-0.25, -0.2) is 4.68 Å². The van der Waals surface area contributed by atoms with Gasteiger partial charge in [0, 0.05) is 17.1 Å². The van der Waals surface area contributed by atoms with E-state index in [1.165, 1.54) is 9.58 Å². The molecule has 0 spiro atoms. The number of thioether (sulfide) groups is 1. The number of H-pyrrole nitrogens is 1. The molecule has 2 heterocycles. The molecule has 138 valence electrons. The van der Waals surface area contributed by atoms with E-state index in [0.29, 0.717) is 10.8 Å². The van der Waals surface area contributed by atoms with E-state index in [1.54, 1.807) is 36.0 Å². The van der Waals surface area contributed by atoms with Crippen LogP contribution in [-0.4, -0.2) is 21.4 Å². The van der Waals surface area contributed by atoms with E-state index in [0.717, 1.165) is 17.7 Å². The second-order valence-electron chi connectivity index (χ2n) is 6.49. The molecule has 2 aromatic carbocycles. The number of hydrogen-bond acceptors (Lipinski definition) is 4. The topological polar surface area (TPSA) is 84.0 Å². The van der Waals surface area contributed by atoms with Crippen molar-refractivity contribution >= 4 is 28.4 Å². The van der Waals surface area contributed by atoms with Gasteiger partial charge in [0.05, 0.1) is 23.4 Å². The fourth-order valence-electron chi connectivity index (χ4n) is 3.38. The second-order valence-corrected chi connectivity index (χ2v) is 7.63. The van der Waals surface area contributed by atoms with E-state index >= 15 is 0 Å².